The summed E-state index contributed by atoms with van der Waals surface area (Å²) in [7, 11) is 0. The molecule has 0 saturated carbocycles. The van der Waals surface area contributed by atoms with Crippen LogP contribution in [-0.4, -0.2) is 30.1 Å². The van der Waals surface area contributed by atoms with Gasteiger partial charge in [0.2, 0.25) is 0 Å². The van der Waals surface area contributed by atoms with E-state index in [0.29, 0.717) is 12.8 Å². The fourth-order valence-electron chi connectivity index (χ4n) is 3.20. The average molecular weight is 361 g/mol. The molecule has 0 spiro atoms. The van der Waals surface area contributed by atoms with Crippen molar-refractivity contribution in [3.8, 4) is 0 Å². The minimum Gasteiger partial charge on any atom is -0.465 e. The average Bonchev–Trinajstić information content (AvgIpc) is 2.62. The van der Waals surface area contributed by atoms with Crippen molar-refractivity contribution in [3.05, 3.63) is 45.5 Å². The summed E-state index contributed by atoms with van der Waals surface area (Å²) in [4.78, 5) is 35.6. The van der Waals surface area contributed by atoms with Crippen molar-refractivity contribution in [1.29, 1.82) is 0 Å². The molecular weight excluding hydrogens is 338 g/mol. The van der Waals surface area contributed by atoms with Crippen molar-refractivity contribution in [3.63, 3.8) is 0 Å². The minimum atomic E-state index is -1.37. The van der Waals surface area contributed by atoms with Crippen LogP contribution in [0.2, 0.25) is 0 Å². The van der Waals surface area contributed by atoms with Crippen molar-refractivity contribution >= 4 is 23.2 Å². The van der Waals surface area contributed by atoms with E-state index in [1.54, 1.807) is 26.0 Å². The Bertz CT molecular complexity index is 717. The second kappa shape index (κ2) is 8.12. The molecule has 0 radical (unpaired) electrons. The number of nitro groups is 1. The third kappa shape index (κ3) is 3.76. The predicted molar refractivity (Wildman–Crippen MR) is 95.2 cm³/mol. The van der Waals surface area contributed by atoms with Gasteiger partial charge in [0.05, 0.1) is 18.1 Å². The van der Waals surface area contributed by atoms with Crippen LogP contribution < -0.4 is 0 Å². The Kier molecular flexibility index (Phi) is 6.13. The Morgan fingerprint density at radius 1 is 1.12 bits per heavy atom. The second-order valence-electron chi connectivity index (χ2n) is 6.26. The molecular formula is C19H23NO6. The lowest BCUT2D eigenvalue weighted by molar-refractivity contribution is -0.384. The van der Waals surface area contributed by atoms with Crippen LogP contribution in [0, 0.1) is 15.5 Å². The van der Waals surface area contributed by atoms with Gasteiger partial charge in [0, 0.05) is 12.1 Å². The topological polar surface area (TPSA) is 95.7 Å². The van der Waals surface area contributed by atoms with E-state index < -0.39 is 22.3 Å². The smallest absolute Gasteiger partial charge is 0.323 e. The number of carbonyl (C=O) groups excluding carboxylic acids is 2. The van der Waals surface area contributed by atoms with Gasteiger partial charge in [-0.3, -0.25) is 19.7 Å². The Morgan fingerprint density at radius 2 is 1.65 bits per heavy atom. The largest absolute Gasteiger partial charge is 0.465 e. The van der Waals surface area contributed by atoms with E-state index >= 15 is 0 Å². The Hall–Kier alpha value is -2.70. The van der Waals surface area contributed by atoms with Crippen LogP contribution in [0.5, 0.6) is 0 Å². The lowest BCUT2D eigenvalue weighted by atomic mass is 9.70. The Balaban J connectivity index is 2.42. The molecule has 2 rings (SSSR count). The summed E-state index contributed by atoms with van der Waals surface area (Å²) in [6, 6.07) is 6.12. The summed E-state index contributed by atoms with van der Waals surface area (Å²) < 4.78 is 10.3. The first kappa shape index (κ1) is 19.6. The van der Waals surface area contributed by atoms with E-state index in [0.717, 1.165) is 16.7 Å². The number of hydrogen-bond donors (Lipinski definition) is 0. The zero-order valence-electron chi connectivity index (χ0n) is 15.2. The molecule has 1 aromatic rings. The highest BCUT2D eigenvalue weighted by molar-refractivity contribution is 6.02. The molecule has 0 N–H and O–H groups in total. The molecule has 0 bridgehead atoms. The van der Waals surface area contributed by atoms with Gasteiger partial charge in [0.1, 0.15) is 0 Å². The fraction of sp³-hybridized carbons (Fsp3) is 0.474. The van der Waals surface area contributed by atoms with Crippen molar-refractivity contribution in [2.24, 2.45) is 5.41 Å². The van der Waals surface area contributed by atoms with Crippen LogP contribution in [0.1, 0.15) is 45.6 Å². The number of nitrogens with zero attached hydrogens (tertiary/aromatic N) is 1. The van der Waals surface area contributed by atoms with E-state index in [4.69, 9.17) is 9.47 Å². The number of nitro benzene ring substituents is 1. The van der Waals surface area contributed by atoms with Crippen LogP contribution in [0.25, 0.3) is 5.57 Å². The monoisotopic (exact) mass is 361 g/mol. The lowest BCUT2D eigenvalue weighted by Crippen LogP contribution is -2.44. The molecule has 0 amide bonds. The molecule has 0 saturated heterocycles. The first-order valence-corrected chi connectivity index (χ1v) is 8.63. The third-order valence-corrected chi connectivity index (χ3v) is 4.68. The van der Waals surface area contributed by atoms with E-state index in [-0.39, 0.29) is 25.3 Å². The summed E-state index contributed by atoms with van der Waals surface area (Å²) in [6.45, 7) is 5.68. The quantitative estimate of drug-likeness (QED) is 0.332. The van der Waals surface area contributed by atoms with Gasteiger partial charge in [-0.25, -0.2) is 0 Å². The van der Waals surface area contributed by atoms with Crippen molar-refractivity contribution in [1.82, 2.24) is 0 Å². The van der Waals surface area contributed by atoms with Gasteiger partial charge in [-0.05, 0) is 63.3 Å². The van der Waals surface area contributed by atoms with Gasteiger partial charge in [0.15, 0.2) is 5.41 Å². The van der Waals surface area contributed by atoms with E-state index in [9.17, 15) is 19.7 Å². The summed E-state index contributed by atoms with van der Waals surface area (Å²) in [5, 5.41) is 10.8. The fourth-order valence-corrected chi connectivity index (χ4v) is 3.20. The number of hydrogen-bond acceptors (Lipinski definition) is 6. The first-order valence-electron chi connectivity index (χ1n) is 8.63. The van der Waals surface area contributed by atoms with Gasteiger partial charge < -0.3 is 9.47 Å². The molecule has 1 aliphatic carbocycles. The molecule has 140 valence electrons. The Labute approximate surface area is 152 Å². The zero-order chi connectivity index (χ0) is 19.3. The van der Waals surface area contributed by atoms with Gasteiger partial charge >= 0.3 is 11.9 Å². The summed E-state index contributed by atoms with van der Waals surface area (Å²) >= 11 is 0. The number of allylic oxidation sites excluding steroid dienone is 2. The van der Waals surface area contributed by atoms with Gasteiger partial charge in [-0.1, -0.05) is 5.57 Å². The van der Waals surface area contributed by atoms with Crippen LogP contribution in [0.15, 0.2) is 29.8 Å². The summed E-state index contributed by atoms with van der Waals surface area (Å²) in [5.74, 6) is -1.16. The van der Waals surface area contributed by atoms with Crippen LogP contribution in [-0.2, 0) is 19.1 Å². The minimum absolute atomic E-state index is 0.00939. The molecule has 0 atom stereocenters. The maximum absolute atomic E-state index is 12.6. The van der Waals surface area contributed by atoms with Crippen LogP contribution in [0.3, 0.4) is 0 Å². The second-order valence-corrected chi connectivity index (χ2v) is 6.26. The van der Waals surface area contributed by atoms with Crippen LogP contribution in [0.4, 0.5) is 5.69 Å². The number of esters is 2. The maximum Gasteiger partial charge on any atom is 0.323 e. The first-order chi connectivity index (χ1) is 12.4. The molecule has 0 aromatic heterocycles. The number of non-ortho nitro benzene ring substituents is 1. The molecule has 7 nitrogen and oxygen atoms in total. The highest BCUT2D eigenvalue weighted by Crippen LogP contribution is 2.45. The molecule has 26 heavy (non-hydrogen) atoms. The third-order valence-electron chi connectivity index (χ3n) is 4.68. The van der Waals surface area contributed by atoms with Gasteiger partial charge in [-0.15, -0.1) is 0 Å². The molecule has 0 fully saturated rings. The van der Waals surface area contributed by atoms with Gasteiger partial charge in [-0.2, -0.15) is 0 Å². The zero-order valence-corrected chi connectivity index (χ0v) is 15.2. The normalized spacial score (nSPS) is 16.1. The van der Waals surface area contributed by atoms with E-state index in [1.165, 1.54) is 12.1 Å². The SMILES string of the molecule is CCOC(=O)C1(C(=O)OCC)CCC(C)=C(c2ccc([N+](=O)[O-])cc2)C1. The van der Waals surface area contributed by atoms with Crippen molar-refractivity contribution in [2.75, 3.05) is 13.2 Å². The number of benzene rings is 1. The highest BCUT2D eigenvalue weighted by atomic mass is 16.6. The molecule has 0 aliphatic heterocycles. The molecule has 7 heteroatoms. The molecule has 0 unspecified atom stereocenters. The van der Waals surface area contributed by atoms with Crippen molar-refractivity contribution < 1.29 is 24.0 Å². The van der Waals surface area contributed by atoms with Gasteiger partial charge in [0.25, 0.3) is 5.69 Å². The van der Waals surface area contributed by atoms with E-state index in [1.807, 2.05) is 6.92 Å². The number of rotatable bonds is 6. The van der Waals surface area contributed by atoms with Crippen LogP contribution >= 0.6 is 0 Å². The standard InChI is InChI=1S/C19H23NO6/c1-4-25-17(21)19(18(22)26-5-2)11-10-13(3)16(12-19)14-6-8-15(9-7-14)20(23)24/h6-9H,4-5,10-12H2,1-3H3. The summed E-state index contributed by atoms with van der Waals surface area (Å²) in [5.41, 5.74) is 1.24. The highest BCUT2D eigenvalue weighted by Gasteiger charge is 2.51. The molecule has 0 heterocycles. The maximum atomic E-state index is 12.6. The number of ether oxygens (including phenoxy) is 2. The lowest BCUT2D eigenvalue weighted by Gasteiger charge is -2.34. The van der Waals surface area contributed by atoms with Crippen molar-refractivity contribution in [2.45, 2.75) is 40.0 Å². The Morgan fingerprint density at radius 3 is 2.12 bits per heavy atom. The predicted octanol–water partition coefficient (Wildman–Crippen LogP) is 3.66. The summed E-state index contributed by atoms with van der Waals surface area (Å²) in [6.07, 6.45) is 1.03. The number of carbonyl (C=O) groups is 2. The molecule has 1 aromatic carbocycles. The van der Waals surface area contributed by atoms with E-state index in [2.05, 4.69) is 0 Å². The molecule has 1 aliphatic rings.